The van der Waals surface area contributed by atoms with Crippen LogP contribution in [0.4, 0.5) is 0 Å². The Labute approximate surface area is 193 Å². The summed E-state index contributed by atoms with van der Waals surface area (Å²) < 4.78 is 2.19. The van der Waals surface area contributed by atoms with Crippen LogP contribution in [0.5, 0.6) is 0 Å². The van der Waals surface area contributed by atoms with Crippen molar-refractivity contribution >= 4 is 55.6 Å². The highest BCUT2D eigenvalue weighted by atomic mass is 35.5. The van der Waals surface area contributed by atoms with Crippen molar-refractivity contribution in [2.45, 2.75) is 32.7 Å². The summed E-state index contributed by atoms with van der Waals surface area (Å²) in [5, 5.41) is 6.24. The zero-order valence-electron chi connectivity index (χ0n) is 17.4. The molecule has 2 aromatic carbocycles. The number of hydrogen-bond donors (Lipinski definition) is 2. The fourth-order valence-corrected chi connectivity index (χ4v) is 4.87. The van der Waals surface area contributed by atoms with E-state index in [4.69, 9.17) is 11.6 Å². The van der Waals surface area contributed by atoms with E-state index in [-0.39, 0.29) is 11.3 Å². The van der Waals surface area contributed by atoms with Gasteiger partial charge in [-0.1, -0.05) is 67.8 Å². The lowest BCUT2D eigenvalue weighted by atomic mass is 10.1. The van der Waals surface area contributed by atoms with Gasteiger partial charge in [0.2, 0.25) is 0 Å². The number of halogens is 1. The van der Waals surface area contributed by atoms with E-state index >= 15 is 0 Å². The highest BCUT2D eigenvalue weighted by Gasteiger charge is 2.20. The number of hydrazine groups is 1. The molecule has 0 aliphatic heterocycles. The van der Waals surface area contributed by atoms with Crippen LogP contribution in [0.1, 0.15) is 46.3 Å². The van der Waals surface area contributed by atoms with Crippen molar-refractivity contribution in [3.05, 3.63) is 74.5 Å². The Morgan fingerprint density at radius 3 is 2.34 bits per heavy atom. The number of aryl methyl sites for hydroxylation is 1. The van der Waals surface area contributed by atoms with Gasteiger partial charge in [0, 0.05) is 22.0 Å². The SMILES string of the molecule is CCCCCn1nc(C(=O)NNC(=O)c2sc3ccccc3c2Cl)c2ccccc2c1=O. The van der Waals surface area contributed by atoms with E-state index < -0.39 is 11.8 Å². The summed E-state index contributed by atoms with van der Waals surface area (Å²) in [4.78, 5) is 38.6. The van der Waals surface area contributed by atoms with Crippen LogP contribution in [0.25, 0.3) is 20.9 Å². The number of aromatic nitrogens is 2. The fourth-order valence-electron chi connectivity index (χ4n) is 3.46. The van der Waals surface area contributed by atoms with Crippen LogP contribution >= 0.6 is 22.9 Å². The minimum atomic E-state index is -0.615. The number of nitrogens with zero attached hydrogens (tertiary/aromatic N) is 2. The molecule has 0 aliphatic carbocycles. The average molecular weight is 469 g/mol. The van der Waals surface area contributed by atoms with Crippen LogP contribution < -0.4 is 16.4 Å². The lowest BCUT2D eigenvalue weighted by molar-refractivity contribution is 0.0846. The van der Waals surface area contributed by atoms with Gasteiger partial charge in [0.15, 0.2) is 5.69 Å². The molecule has 4 rings (SSSR count). The Morgan fingerprint density at radius 1 is 0.969 bits per heavy atom. The molecular weight excluding hydrogens is 448 g/mol. The molecule has 7 nitrogen and oxygen atoms in total. The summed E-state index contributed by atoms with van der Waals surface area (Å²) in [6, 6.07) is 14.2. The van der Waals surface area contributed by atoms with Crippen LogP contribution in [-0.2, 0) is 6.54 Å². The molecule has 0 bridgehead atoms. The molecule has 2 heterocycles. The van der Waals surface area contributed by atoms with Gasteiger partial charge in [-0.15, -0.1) is 11.3 Å². The number of rotatable bonds is 6. The molecular formula is C23H21ClN4O3S. The first-order valence-electron chi connectivity index (χ1n) is 10.3. The molecule has 0 atom stereocenters. The molecule has 0 spiro atoms. The van der Waals surface area contributed by atoms with Crippen LogP contribution in [-0.4, -0.2) is 21.6 Å². The van der Waals surface area contributed by atoms with Gasteiger partial charge in [0.25, 0.3) is 17.4 Å². The van der Waals surface area contributed by atoms with Crippen LogP contribution in [0.15, 0.2) is 53.3 Å². The Morgan fingerprint density at radius 2 is 1.62 bits per heavy atom. The van der Waals surface area contributed by atoms with Gasteiger partial charge in [-0.05, 0) is 18.6 Å². The molecule has 0 unspecified atom stereocenters. The molecule has 2 amide bonds. The molecule has 4 aromatic rings. The van der Waals surface area contributed by atoms with E-state index in [9.17, 15) is 14.4 Å². The second-order valence-corrected chi connectivity index (χ2v) is 8.71. The Hall–Kier alpha value is -3.23. The van der Waals surface area contributed by atoms with Crippen molar-refractivity contribution in [3.63, 3.8) is 0 Å². The second kappa shape index (κ2) is 9.50. The number of nitrogens with one attached hydrogen (secondary N) is 2. The van der Waals surface area contributed by atoms with Crippen molar-refractivity contribution < 1.29 is 9.59 Å². The Kier molecular flexibility index (Phi) is 6.53. The quantitative estimate of drug-likeness (QED) is 0.321. The zero-order chi connectivity index (χ0) is 22.7. The molecule has 9 heteroatoms. The van der Waals surface area contributed by atoms with E-state index in [1.165, 1.54) is 16.0 Å². The Bertz CT molecular complexity index is 1380. The number of thiophene rings is 1. The maximum absolute atomic E-state index is 12.9. The van der Waals surface area contributed by atoms with E-state index in [0.29, 0.717) is 27.2 Å². The summed E-state index contributed by atoms with van der Waals surface area (Å²) in [6.07, 6.45) is 2.74. The van der Waals surface area contributed by atoms with Crippen LogP contribution in [0.2, 0.25) is 5.02 Å². The third-order valence-corrected chi connectivity index (χ3v) is 6.76. The lowest BCUT2D eigenvalue weighted by Crippen LogP contribution is -2.42. The van der Waals surface area contributed by atoms with Crippen LogP contribution in [0, 0.1) is 0 Å². The summed E-state index contributed by atoms with van der Waals surface area (Å²) in [6.45, 7) is 2.49. The molecule has 32 heavy (non-hydrogen) atoms. The van der Waals surface area contributed by atoms with Gasteiger partial charge in [0.05, 0.1) is 10.4 Å². The molecule has 0 saturated carbocycles. The molecule has 0 saturated heterocycles. The lowest BCUT2D eigenvalue weighted by Gasteiger charge is -2.11. The first-order chi connectivity index (χ1) is 15.5. The highest BCUT2D eigenvalue weighted by molar-refractivity contribution is 7.21. The average Bonchev–Trinajstić information content (AvgIpc) is 3.15. The molecule has 2 aromatic heterocycles. The third-order valence-electron chi connectivity index (χ3n) is 5.09. The molecule has 0 radical (unpaired) electrons. The normalized spacial score (nSPS) is 11.1. The van der Waals surface area contributed by atoms with Gasteiger partial charge in [-0.25, -0.2) is 4.68 Å². The predicted molar refractivity (Wildman–Crippen MR) is 127 cm³/mol. The number of benzene rings is 2. The predicted octanol–water partition coefficient (Wildman–Crippen LogP) is 4.53. The fraction of sp³-hybridized carbons (Fsp3) is 0.217. The Balaban J connectivity index is 1.59. The minimum Gasteiger partial charge on any atom is -0.267 e. The number of carbonyl (C=O) groups excluding carboxylic acids is 2. The van der Waals surface area contributed by atoms with Gasteiger partial charge in [-0.2, -0.15) is 5.10 Å². The van der Waals surface area contributed by atoms with Crippen molar-refractivity contribution in [2.24, 2.45) is 0 Å². The third kappa shape index (κ3) is 4.24. The number of amides is 2. The maximum atomic E-state index is 12.9. The topological polar surface area (TPSA) is 93.1 Å². The minimum absolute atomic E-state index is 0.0689. The van der Waals surface area contributed by atoms with Gasteiger partial charge >= 0.3 is 0 Å². The van der Waals surface area contributed by atoms with Crippen LogP contribution in [0.3, 0.4) is 0 Å². The van der Waals surface area contributed by atoms with Gasteiger partial charge < -0.3 is 0 Å². The molecule has 164 valence electrons. The van der Waals surface area contributed by atoms with E-state index in [1.807, 2.05) is 24.3 Å². The monoisotopic (exact) mass is 468 g/mol. The molecule has 0 fully saturated rings. The van der Waals surface area contributed by atoms with Crippen molar-refractivity contribution in [1.82, 2.24) is 20.6 Å². The van der Waals surface area contributed by atoms with Gasteiger partial charge in [-0.3, -0.25) is 25.2 Å². The zero-order valence-corrected chi connectivity index (χ0v) is 18.9. The number of unbranched alkanes of at least 4 members (excludes halogenated alkanes) is 2. The highest BCUT2D eigenvalue weighted by Crippen LogP contribution is 2.34. The molecule has 2 N–H and O–H groups in total. The second-order valence-electron chi connectivity index (χ2n) is 7.28. The number of fused-ring (bicyclic) bond motifs is 2. The largest absolute Gasteiger partial charge is 0.290 e. The summed E-state index contributed by atoms with van der Waals surface area (Å²) >= 11 is 7.59. The number of carbonyl (C=O) groups is 2. The van der Waals surface area contributed by atoms with Crippen molar-refractivity contribution in [1.29, 1.82) is 0 Å². The maximum Gasteiger partial charge on any atom is 0.290 e. The van der Waals surface area contributed by atoms with E-state index in [0.717, 1.165) is 29.3 Å². The summed E-state index contributed by atoms with van der Waals surface area (Å²) in [5.41, 5.74) is 4.64. The van der Waals surface area contributed by atoms with Gasteiger partial charge in [0.1, 0.15) is 4.88 Å². The van der Waals surface area contributed by atoms with Crippen molar-refractivity contribution in [2.75, 3.05) is 0 Å². The van der Waals surface area contributed by atoms with E-state index in [1.54, 1.807) is 24.3 Å². The molecule has 0 aliphatic rings. The number of hydrogen-bond acceptors (Lipinski definition) is 5. The van der Waals surface area contributed by atoms with Crippen molar-refractivity contribution in [3.8, 4) is 0 Å². The first kappa shape index (κ1) is 22.0. The van der Waals surface area contributed by atoms with E-state index in [2.05, 4.69) is 22.9 Å². The smallest absolute Gasteiger partial charge is 0.267 e. The first-order valence-corrected chi connectivity index (χ1v) is 11.5. The summed E-state index contributed by atoms with van der Waals surface area (Å²) in [7, 11) is 0. The standard InChI is InChI=1S/C23H21ClN4O3S/c1-2-3-8-13-28-23(31)15-10-5-4-9-14(15)19(27-28)21(29)25-26-22(30)20-18(24)16-11-6-7-12-17(16)32-20/h4-7,9-12H,2-3,8,13H2,1H3,(H,25,29)(H,26,30). The summed E-state index contributed by atoms with van der Waals surface area (Å²) in [5.74, 6) is -1.14.